The molecule has 0 unspecified atom stereocenters. The monoisotopic (exact) mass is 328 g/mol. The van der Waals surface area contributed by atoms with E-state index in [1.54, 1.807) is 0 Å². The minimum absolute atomic E-state index is 0.166. The van der Waals surface area contributed by atoms with E-state index in [1.807, 2.05) is 5.38 Å². The van der Waals surface area contributed by atoms with Crippen molar-refractivity contribution in [1.82, 2.24) is 15.2 Å². The summed E-state index contributed by atoms with van der Waals surface area (Å²) in [5, 5.41) is 16.9. The average molecular weight is 328 g/mol. The van der Waals surface area contributed by atoms with Gasteiger partial charge in [-0.05, 0) is 19.8 Å². The van der Waals surface area contributed by atoms with E-state index in [0.29, 0.717) is 5.92 Å². The Morgan fingerprint density at radius 1 is 1.52 bits per heavy atom. The van der Waals surface area contributed by atoms with E-state index in [-0.39, 0.29) is 15.7 Å². The molecule has 3 N–H and O–H groups in total. The molecule has 3 rings (SSSR count). The second kappa shape index (κ2) is 4.81. The van der Waals surface area contributed by atoms with Crippen LogP contribution in [-0.2, 0) is 10.0 Å². The van der Waals surface area contributed by atoms with Gasteiger partial charge in [-0.3, -0.25) is 9.82 Å². The third-order valence-corrected chi connectivity index (χ3v) is 5.51. The van der Waals surface area contributed by atoms with Crippen LogP contribution in [0, 0.1) is 6.92 Å². The molecule has 0 atom stereocenters. The van der Waals surface area contributed by atoms with E-state index in [1.165, 1.54) is 18.3 Å². The lowest BCUT2D eigenvalue weighted by Crippen LogP contribution is -2.17. The number of rotatable bonds is 5. The molecule has 0 amide bonds. The molecule has 1 saturated carbocycles. The van der Waals surface area contributed by atoms with Gasteiger partial charge in [-0.1, -0.05) is 0 Å². The molecule has 112 valence electrons. The molecule has 1 fully saturated rings. The zero-order valence-corrected chi connectivity index (χ0v) is 12.6. The second-order valence-electron chi connectivity index (χ2n) is 4.79. The summed E-state index contributed by atoms with van der Waals surface area (Å²) < 4.78 is 27.0. The largest absolute Gasteiger partial charge is 0.476 e. The summed E-state index contributed by atoms with van der Waals surface area (Å²) >= 11 is 1.18. The van der Waals surface area contributed by atoms with Crippen LogP contribution >= 0.6 is 11.3 Å². The first-order valence-corrected chi connectivity index (χ1v) is 8.51. The first kappa shape index (κ1) is 14.0. The number of H-pyrrole nitrogens is 1. The number of anilines is 1. The fourth-order valence-corrected chi connectivity index (χ4v) is 4.33. The third kappa shape index (κ3) is 2.63. The first-order valence-electron chi connectivity index (χ1n) is 6.15. The van der Waals surface area contributed by atoms with Crippen molar-refractivity contribution in [3.05, 3.63) is 22.5 Å². The maximum absolute atomic E-state index is 12.3. The van der Waals surface area contributed by atoms with Crippen molar-refractivity contribution >= 4 is 32.5 Å². The van der Waals surface area contributed by atoms with Crippen LogP contribution in [0.4, 0.5) is 5.13 Å². The molecule has 2 aromatic rings. The van der Waals surface area contributed by atoms with Gasteiger partial charge in [0.25, 0.3) is 10.0 Å². The number of nitrogens with zero attached hydrogens (tertiary/aromatic N) is 2. The van der Waals surface area contributed by atoms with Crippen molar-refractivity contribution in [2.75, 3.05) is 4.72 Å². The smallest absolute Gasteiger partial charge is 0.357 e. The minimum Gasteiger partial charge on any atom is -0.476 e. The molecule has 0 saturated heterocycles. The predicted octanol–water partition coefficient (Wildman–Crippen LogP) is 1.55. The topological polar surface area (TPSA) is 125 Å². The highest BCUT2D eigenvalue weighted by Crippen LogP contribution is 2.41. The Kier molecular flexibility index (Phi) is 3.21. The third-order valence-electron chi connectivity index (χ3n) is 3.10. The SMILES string of the molecule is Cc1[nH]nc(C(=O)O)c1S(=O)(=O)Nc1nc(C2CC2)cs1. The average Bonchev–Trinajstić information content (AvgIpc) is 3.01. The summed E-state index contributed by atoms with van der Waals surface area (Å²) in [5.74, 6) is -0.984. The van der Waals surface area contributed by atoms with E-state index < -0.39 is 21.7 Å². The standard InChI is InChI=1S/C11H12N4O4S2/c1-5-9(8(10(16)17)14-13-5)21(18,19)15-11-12-7(4-20-11)6-2-3-6/h4,6H,2-3H2,1H3,(H,12,15)(H,13,14)(H,16,17). The Bertz CT molecular complexity index is 804. The van der Waals surface area contributed by atoms with Crippen LogP contribution in [0.15, 0.2) is 10.3 Å². The highest BCUT2D eigenvalue weighted by molar-refractivity contribution is 7.93. The summed E-state index contributed by atoms with van der Waals surface area (Å²) in [6, 6.07) is 0. The van der Waals surface area contributed by atoms with E-state index in [2.05, 4.69) is 19.9 Å². The number of aromatic amines is 1. The van der Waals surface area contributed by atoms with Crippen molar-refractivity contribution in [3.63, 3.8) is 0 Å². The van der Waals surface area contributed by atoms with Gasteiger partial charge in [0.1, 0.15) is 4.90 Å². The van der Waals surface area contributed by atoms with E-state index in [4.69, 9.17) is 5.11 Å². The predicted molar refractivity (Wildman–Crippen MR) is 75.2 cm³/mol. The quantitative estimate of drug-likeness (QED) is 0.764. The Labute approximate surface area is 124 Å². The number of carboxylic acid groups (broad SMARTS) is 1. The number of aromatic nitrogens is 3. The highest BCUT2D eigenvalue weighted by Gasteiger charge is 2.30. The number of hydrogen-bond acceptors (Lipinski definition) is 6. The first-order chi connectivity index (χ1) is 9.88. The molecule has 0 spiro atoms. The van der Waals surface area contributed by atoms with Gasteiger partial charge in [-0.2, -0.15) is 5.10 Å². The summed E-state index contributed by atoms with van der Waals surface area (Å²) in [5.41, 5.74) is 0.512. The number of thiazole rings is 1. The van der Waals surface area contributed by atoms with Crippen LogP contribution in [0.5, 0.6) is 0 Å². The van der Waals surface area contributed by atoms with Crippen molar-refractivity contribution in [2.45, 2.75) is 30.6 Å². The van der Waals surface area contributed by atoms with Crippen LogP contribution in [0.2, 0.25) is 0 Å². The molecule has 10 heteroatoms. The molecule has 0 aliphatic heterocycles. The number of nitrogens with one attached hydrogen (secondary N) is 2. The van der Waals surface area contributed by atoms with Gasteiger partial charge < -0.3 is 5.11 Å². The van der Waals surface area contributed by atoms with Crippen molar-refractivity contribution in [3.8, 4) is 0 Å². The Morgan fingerprint density at radius 2 is 2.24 bits per heavy atom. The summed E-state index contributed by atoms with van der Waals surface area (Å²) in [7, 11) is -4.04. The molecule has 1 aliphatic rings. The van der Waals surface area contributed by atoms with E-state index in [9.17, 15) is 13.2 Å². The zero-order valence-electron chi connectivity index (χ0n) is 11.0. The number of aromatic carboxylic acids is 1. The molecule has 0 bridgehead atoms. The lowest BCUT2D eigenvalue weighted by molar-refractivity contribution is 0.0686. The van der Waals surface area contributed by atoms with Crippen LogP contribution in [0.3, 0.4) is 0 Å². The van der Waals surface area contributed by atoms with Crippen LogP contribution in [0.25, 0.3) is 0 Å². The van der Waals surface area contributed by atoms with Crippen molar-refractivity contribution in [2.24, 2.45) is 0 Å². The van der Waals surface area contributed by atoms with Crippen LogP contribution in [0.1, 0.15) is 40.6 Å². The molecule has 0 radical (unpaired) electrons. The molecule has 0 aromatic carbocycles. The molecular weight excluding hydrogens is 316 g/mol. The number of carbonyl (C=O) groups is 1. The lowest BCUT2D eigenvalue weighted by Gasteiger charge is -2.04. The highest BCUT2D eigenvalue weighted by atomic mass is 32.2. The van der Waals surface area contributed by atoms with Crippen LogP contribution in [-0.4, -0.2) is 34.7 Å². The van der Waals surface area contributed by atoms with Crippen LogP contribution < -0.4 is 4.72 Å². The van der Waals surface area contributed by atoms with Gasteiger partial charge in [-0.15, -0.1) is 11.3 Å². The van der Waals surface area contributed by atoms with Gasteiger partial charge in [0.05, 0.1) is 11.4 Å². The summed E-state index contributed by atoms with van der Waals surface area (Å²) in [6.45, 7) is 1.45. The van der Waals surface area contributed by atoms with Gasteiger partial charge in [0, 0.05) is 11.3 Å². The maximum atomic E-state index is 12.3. The molecule has 2 heterocycles. The molecule has 8 nitrogen and oxygen atoms in total. The van der Waals surface area contributed by atoms with E-state index in [0.717, 1.165) is 18.5 Å². The normalized spacial score (nSPS) is 15.1. The van der Waals surface area contributed by atoms with Gasteiger partial charge in [0.15, 0.2) is 10.8 Å². The van der Waals surface area contributed by atoms with E-state index >= 15 is 0 Å². The lowest BCUT2D eigenvalue weighted by atomic mass is 10.3. The molecule has 1 aliphatic carbocycles. The molecule has 21 heavy (non-hydrogen) atoms. The Morgan fingerprint density at radius 3 is 2.86 bits per heavy atom. The minimum atomic E-state index is -4.04. The zero-order chi connectivity index (χ0) is 15.2. The van der Waals surface area contributed by atoms with Gasteiger partial charge in [0.2, 0.25) is 0 Å². The summed E-state index contributed by atoms with van der Waals surface area (Å²) in [4.78, 5) is 14.9. The van der Waals surface area contributed by atoms with Gasteiger partial charge >= 0.3 is 5.97 Å². The molecule has 2 aromatic heterocycles. The number of hydrogen-bond donors (Lipinski definition) is 3. The van der Waals surface area contributed by atoms with Gasteiger partial charge in [-0.25, -0.2) is 18.2 Å². The number of aryl methyl sites for hydroxylation is 1. The Balaban J connectivity index is 1.92. The Hall–Kier alpha value is -1.94. The number of carboxylic acids is 1. The second-order valence-corrected chi connectivity index (χ2v) is 7.27. The fourth-order valence-electron chi connectivity index (χ4n) is 1.96. The van der Waals surface area contributed by atoms with Crippen molar-refractivity contribution in [1.29, 1.82) is 0 Å². The number of sulfonamides is 1. The van der Waals surface area contributed by atoms with Crippen molar-refractivity contribution < 1.29 is 18.3 Å². The maximum Gasteiger partial charge on any atom is 0.357 e. The molecular formula is C11H12N4O4S2. The summed E-state index contributed by atoms with van der Waals surface area (Å²) in [6.07, 6.45) is 2.14. The fraction of sp³-hybridized carbons (Fsp3) is 0.364.